The maximum absolute atomic E-state index is 13.0. The third-order valence-electron chi connectivity index (χ3n) is 5.62. The van der Waals surface area contributed by atoms with E-state index in [1.54, 1.807) is 11.8 Å². The van der Waals surface area contributed by atoms with Crippen LogP contribution in [0.3, 0.4) is 0 Å². The molecule has 136 valence electrons. The van der Waals surface area contributed by atoms with Gasteiger partial charge >= 0.3 is 0 Å². The lowest BCUT2D eigenvalue weighted by Gasteiger charge is -2.30. The largest absolute Gasteiger partial charge is 0.337 e. The van der Waals surface area contributed by atoms with Crippen LogP contribution >= 0.6 is 11.8 Å². The molecule has 0 spiro atoms. The smallest absolute Gasteiger partial charge is 0.236 e. The van der Waals surface area contributed by atoms with Gasteiger partial charge in [0.25, 0.3) is 0 Å². The molecule has 0 unspecified atom stereocenters. The normalized spacial score (nSPS) is 20.7. The van der Waals surface area contributed by atoms with Gasteiger partial charge in [0.05, 0.1) is 5.25 Å². The van der Waals surface area contributed by atoms with Gasteiger partial charge in [0.15, 0.2) is 5.16 Å². The van der Waals surface area contributed by atoms with E-state index < -0.39 is 0 Å². The van der Waals surface area contributed by atoms with Crippen LogP contribution in [0.15, 0.2) is 29.4 Å². The average molecular weight is 369 g/mol. The second-order valence-corrected chi connectivity index (χ2v) is 9.06. The van der Waals surface area contributed by atoms with Gasteiger partial charge in [-0.2, -0.15) is 0 Å². The number of benzene rings is 1. The Labute approximate surface area is 158 Å². The quantitative estimate of drug-likeness (QED) is 0.757. The zero-order chi connectivity index (χ0) is 17.7. The Kier molecular flexibility index (Phi) is 4.03. The first-order valence-corrected chi connectivity index (χ1v) is 10.6. The van der Waals surface area contributed by atoms with Crippen molar-refractivity contribution in [1.82, 2.24) is 19.7 Å². The minimum absolute atomic E-state index is 0.131. The highest BCUT2D eigenvalue weighted by atomic mass is 32.2. The molecule has 2 aliphatic carbocycles. The molecule has 1 atom stereocenters. The molecule has 5 nitrogen and oxygen atoms in total. The fraction of sp³-hybridized carbons (Fsp3) is 0.550. The monoisotopic (exact) mass is 368 g/mol. The molecule has 1 aromatic heterocycles. The second kappa shape index (κ2) is 6.41. The van der Waals surface area contributed by atoms with Crippen molar-refractivity contribution in [3.8, 4) is 0 Å². The van der Waals surface area contributed by atoms with E-state index in [1.807, 2.05) is 11.8 Å². The van der Waals surface area contributed by atoms with Crippen LogP contribution in [0.4, 0.5) is 0 Å². The van der Waals surface area contributed by atoms with Crippen LogP contribution in [-0.4, -0.2) is 37.4 Å². The fourth-order valence-corrected chi connectivity index (χ4v) is 4.82. The second-order valence-electron chi connectivity index (χ2n) is 7.75. The van der Waals surface area contributed by atoms with Crippen molar-refractivity contribution in [3.05, 3.63) is 41.2 Å². The Balaban J connectivity index is 1.30. The number of fused-ring (bicyclic) bond motifs is 1. The van der Waals surface area contributed by atoms with Crippen molar-refractivity contribution in [3.63, 3.8) is 0 Å². The van der Waals surface area contributed by atoms with E-state index in [9.17, 15) is 4.79 Å². The summed E-state index contributed by atoms with van der Waals surface area (Å²) in [7, 11) is 0. The molecule has 0 saturated heterocycles. The topological polar surface area (TPSA) is 51.0 Å². The SMILES string of the molecule is C[C@@H](Sc1nnc(C2CC2)n1C1CC1)C(=O)N1CCc2ccccc2C1. The molecule has 5 rings (SSSR count). The summed E-state index contributed by atoms with van der Waals surface area (Å²) in [4.78, 5) is 15.0. The first-order chi connectivity index (χ1) is 12.7. The number of amides is 1. The number of carbonyl (C=O) groups is 1. The molecule has 0 radical (unpaired) electrons. The fourth-order valence-electron chi connectivity index (χ4n) is 3.81. The van der Waals surface area contributed by atoms with Crippen molar-refractivity contribution in [1.29, 1.82) is 0 Å². The summed E-state index contributed by atoms with van der Waals surface area (Å²) in [5, 5.41) is 9.72. The van der Waals surface area contributed by atoms with Gasteiger partial charge < -0.3 is 9.47 Å². The van der Waals surface area contributed by atoms with E-state index in [0.29, 0.717) is 12.0 Å². The summed E-state index contributed by atoms with van der Waals surface area (Å²) in [5.41, 5.74) is 2.65. The molecular weight excluding hydrogens is 344 g/mol. The molecule has 3 aliphatic rings. The van der Waals surface area contributed by atoms with Crippen molar-refractivity contribution in [2.75, 3.05) is 6.54 Å². The summed E-state index contributed by atoms with van der Waals surface area (Å²) in [5.74, 6) is 1.96. The summed E-state index contributed by atoms with van der Waals surface area (Å²) < 4.78 is 2.33. The Morgan fingerprint density at radius 1 is 1.15 bits per heavy atom. The molecule has 2 heterocycles. The zero-order valence-electron chi connectivity index (χ0n) is 15.1. The number of nitrogens with zero attached hydrogens (tertiary/aromatic N) is 4. The molecule has 2 fully saturated rings. The van der Waals surface area contributed by atoms with Gasteiger partial charge in [-0.3, -0.25) is 4.79 Å². The molecule has 1 aliphatic heterocycles. The third-order valence-corrected chi connectivity index (χ3v) is 6.66. The zero-order valence-corrected chi connectivity index (χ0v) is 15.9. The van der Waals surface area contributed by atoms with Gasteiger partial charge in [-0.1, -0.05) is 36.0 Å². The average Bonchev–Trinajstić information content (AvgIpc) is 3.59. The highest BCUT2D eigenvalue weighted by Gasteiger charge is 2.37. The molecule has 26 heavy (non-hydrogen) atoms. The predicted molar refractivity (Wildman–Crippen MR) is 101 cm³/mol. The summed E-state index contributed by atoms with van der Waals surface area (Å²) in [6.45, 7) is 3.54. The van der Waals surface area contributed by atoms with Gasteiger partial charge in [-0.15, -0.1) is 10.2 Å². The first-order valence-electron chi connectivity index (χ1n) is 9.67. The van der Waals surface area contributed by atoms with Crippen LogP contribution in [0, 0.1) is 0 Å². The standard InChI is InChI=1S/C20H24N4OS/c1-13(19(25)23-11-10-14-4-2-3-5-16(14)12-23)26-20-22-21-18(15-6-7-15)24(20)17-8-9-17/h2-5,13,15,17H,6-12H2,1H3/t13-/m1/s1. The van der Waals surface area contributed by atoms with E-state index in [-0.39, 0.29) is 11.2 Å². The van der Waals surface area contributed by atoms with Crippen LogP contribution in [-0.2, 0) is 17.8 Å². The summed E-state index contributed by atoms with van der Waals surface area (Å²) >= 11 is 1.59. The summed E-state index contributed by atoms with van der Waals surface area (Å²) in [6.07, 6.45) is 5.85. The molecule has 2 saturated carbocycles. The molecule has 6 heteroatoms. The van der Waals surface area contributed by atoms with Gasteiger partial charge in [-0.05, 0) is 50.2 Å². The van der Waals surface area contributed by atoms with Crippen LogP contribution in [0.1, 0.15) is 61.5 Å². The van der Waals surface area contributed by atoms with Gasteiger partial charge in [0, 0.05) is 25.0 Å². The Morgan fingerprint density at radius 3 is 2.65 bits per heavy atom. The third kappa shape index (κ3) is 3.04. The van der Waals surface area contributed by atoms with E-state index in [1.165, 1.54) is 36.8 Å². The number of carbonyl (C=O) groups excluding carboxylic acids is 1. The van der Waals surface area contributed by atoms with Crippen molar-refractivity contribution >= 4 is 17.7 Å². The van der Waals surface area contributed by atoms with Crippen LogP contribution in [0.25, 0.3) is 0 Å². The highest BCUT2D eigenvalue weighted by molar-refractivity contribution is 8.00. The van der Waals surface area contributed by atoms with Gasteiger partial charge in [-0.25, -0.2) is 0 Å². The van der Waals surface area contributed by atoms with E-state index >= 15 is 0 Å². The van der Waals surface area contributed by atoms with Crippen molar-refractivity contribution in [2.24, 2.45) is 0 Å². The Hall–Kier alpha value is -1.82. The van der Waals surface area contributed by atoms with Crippen molar-refractivity contribution < 1.29 is 4.79 Å². The number of hydrogen-bond acceptors (Lipinski definition) is 4. The first kappa shape index (κ1) is 16.4. The predicted octanol–water partition coefficient (Wildman–Crippen LogP) is 3.56. The number of hydrogen-bond donors (Lipinski definition) is 0. The molecular formula is C20H24N4OS. The highest BCUT2D eigenvalue weighted by Crippen LogP contribution is 2.46. The lowest BCUT2D eigenvalue weighted by Crippen LogP contribution is -2.40. The number of rotatable bonds is 5. The van der Waals surface area contributed by atoms with E-state index in [4.69, 9.17) is 0 Å². The van der Waals surface area contributed by atoms with Gasteiger partial charge in [0.1, 0.15) is 5.82 Å². The Morgan fingerprint density at radius 2 is 1.92 bits per heavy atom. The number of aromatic nitrogens is 3. The lowest BCUT2D eigenvalue weighted by atomic mass is 10.00. The van der Waals surface area contributed by atoms with Crippen LogP contribution in [0.2, 0.25) is 0 Å². The minimum Gasteiger partial charge on any atom is -0.337 e. The number of thioether (sulfide) groups is 1. The Bertz CT molecular complexity index is 840. The summed E-state index contributed by atoms with van der Waals surface area (Å²) in [6, 6.07) is 9.01. The van der Waals surface area contributed by atoms with Crippen molar-refractivity contribution in [2.45, 2.75) is 67.9 Å². The lowest BCUT2D eigenvalue weighted by molar-refractivity contribution is -0.131. The molecule has 0 bridgehead atoms. The minimum atomic E-state index is -0.131. The van der Waals surface area contributed by atoms with Crippen LogP contribution in [0.5, 0.6) is 0 Å². The van der Waals surface area contributed by atoms with Gasteiger partial charge in [0.2, 0.25) is 5.91 Å². The molecule has 2 aromatic rings. The van der Waals surface area contributed by atoms with E-state index in [2.05, 4.69) is 39.0 Å². The van der Waals surface area contributed by atoms with E-state index in [0.717, 1.165) is 30.5 Å². The molecule has 1 amide bonds. The maximum Gasteiger partial charge on any atom is 0.236 e. The molecule has 1 aromatic carbocycles. The molecule has 0 N–H and O–H groups in total. The van der Waals surface area contributed by atoms with Crippen LogP contribution < -0.4 is 0 Å². The maximum atomic E-state index is 13.0.